The van der Waals surface area contributed by atoms with Gasteiger partial charge < -0.3 is 9.84 Å². The van der Waals surface area contributed by atoms with Crippen LogP contribution in [0.25, 0.3) is 0 Å². The molecule has 0 atom stereocenters. The van der Waals surface area contributed by atoms with E-state index in [2.05, 4.69) is 15.5 Å². The summed E-state index contributed by atoms with van der Waals surface area (Å²) in [5.41, 5.74) is 0.0408. The molecule has 1 aromatic carbocycles. The Morgan fingerprint density at radius 2 is 2.26 bits per heavy atom. The third-order valence-electron chi connectivity index (χ3n) is 2.33. The number of non-ortho nitro benzene ring substituents is 1. The second kappa shape index (κ2) is 5.42. The first-order valence-electron chi connectivity index (χ1n) is 5.52. The maximum Gasteiger partial charge on any atom is 0.274 e. The van der Waals surface area contributed by atoms with Crippen LogP contribution < -0.4 is 5.32 Å². The van der Waals surface area contributed by atoms with Gasteiger partial charge in [-0.1, -0.05) is 5.16 Å². The molecule has 100 valence electrons. The van der Waals surface area contributed by atoms with Crippen molar-refractivity contribution in [1.29, 1.82) is 0 Å². The molecule has 0 spiro atoms. The number of nitrogens with one attached hydrogen (secondary N) is 1. The van der Waals surface area contributed by atoms with E-state index in [0.717, 1.165) is 6.07 Å². The molecule has 1 aromatic heterocycles. The highest BCUT2D eigenvalue weighted by molar-refractivity contribution is 5.51. The molecule has 8 heteroatoms. The molecule has 0 aliphatic carbocycles. The molecular weight excluding hydrogens is 255 g/mol. The van der Waals surface area contributed by atoms with E-state index in [1.807, 2.05) is 0 Å². The average Bonchev–Trinajstić information content (AvgIpc) is 2.74. The second-order valence-corrected chi connectivity index (χ2v) is 3.87. The van der Waals surface area contributed by atoms with E-state index in [4.69, 9.17) is 4.52 Å². The predicted octanol–water partition coefficient (Wildman–Crippen LogP) is 2.08. The molecule has 0 radical (unpaired) electrons. The van der Waals surface area contributed by atoms with Crippen molar-refractivity contribution in [3.8, 4) is 0 Å². The third-order valence-corrected chi connectivity index (χ3v) is 2.33. The first-order valence-corrected chi connectivity index (χ1v) is 5.52. The van der Waals surface area contributed by atoms with Gasteiger partial charge in [-0.05, 0) is 13.0 Å². The summed E-state index contributed by atoms with van der Waals surface area (Å²) in [6, 6.07) is 3.32. The van der Waals surface area contributed by atoms with Gasteiger partial charge in [0.25, 0.3) is 5.69 Å². The van der Waals surface area contributed by atoms with Gasteiger partial charge >= 0.3 is 0 Å². The third kappa shape index (κ3) is 3.47. The first kappa shape index (κ1) is 12.9. The molecule has 0 amide bonds. The Labute approximate surface area is 107 Å². The largest absolute Gasteiger partial charge is 0.384 e. The van der Waals surface area contributed by atoms with Gasteiger partial charge in [0.1, 0.15) is 5.82 Å². The lowest BCUT2D eigenvalue weighted by Crippen LogP contribution is -2.05. The van der Waals surface area contributed by atoms with Crippen molar-refractivity contribution in [3.05, 3.63) is 45.8 Å². The Bertz CT molecular complexity index is 599. The van der Waals surface area contributed by atoms with E-state index < -0.39 is 10.7 Å². The normalized spacial score (nSPS) is 10.4. The molecule has 0 bridgehead atoms. The Morgan fingerprint density at radius 3 is 2.89 bits per heavy atom. The fourth-order valence-corrected chi connectivity index (χ4v) is 1.54. The fourth-order valence-electron chi connectivity index (χ4n) is 1.54. The van der Waals surface area contributed by atoms with Crippen LogP contribution in [0.4, 0.5) is 15.8 Å². The van der Waals surface area contributed by atoms with Crippen LogP contribution >= 0.6 is 0 Å². The van der Waals surface area contributed by atoms with Crippen molar-refractivity contribution in [2.75, 3.05) is 11.9 Å². The number of nitrogens with zero attached hydrogens (tertiary/aromatic N) is 3. The van der Waals surface area contributed by atoms with Crippen molar-refractivity contribution in [2.45, 2.75) is 13.3 Å². The zero-order chi connectivity index (χ0) is 13.8. The van der Waals surface area contributed by atoms with Crippen LogP contribution in [-0.4, -0.2) is 21.6 Å². The molecule has 2 rings (SSSR count). The predicted molar refractivity (Wildman–Crippen MR) is 64.3 cm³/mol. The Morgan fingerprint density at radius 1 is 1.47 bits per heavy atom. The monoisotopic (exact) mass is 266 g/mol. The molecule has 0 unspecified atom stereocenters. The summed E-state index contributed by atoms with van der Waals surface area (Å²) in [5, 5.41) is 17.1. The number of nitro benzene ring substituents is 1. The molecule has 0 aliphatic heterocycles. The smallest absolute Gasteiger partial charge is 0.274 e. The number of nitro groups is 1. The van der Waals surface area contributed by atoms with Crippen molar-refractivity contribution < 1.29 is 13.8 Å². The van der Waals surface area contributed by atoms with Crippen LogP contribution in [0.15, 0.2) is 22.7 Å². The molecule has 0 saturated heterocycles. The average molecular weight is 266 g/mol. The van der Waals surface area contributed by atoms with Crippen molar-refractivity contribution >= 4 is 11.4 Å². The molecule has 0 fully saturated rings. The van der Waals surface area contributed by atoms with Gasteiger partial charge in [0.15, 0.2) is 5.82 Å². The summed E-state index contributed by atoms with van der Waals surface area (Å²) in [7, 11) is 0. The van der Waals surface area contributed by atoms with Gasteiger partial charge in [-0.3, -0.25) is 10.1 Å². The van der Waals surface area contributed by atoms with E-state index in [-0.39, 0.29) is 5.69 Å². The van der Waals surface area contributed by atoms with Crippen molar-refractivity contribution in [3.63, 3.8) is 0 Å². The highest BCUT2D eigenvalue weighted by Gasteiger charge is 2.10. The molecule has 1 heterocycles. The minimum absolute atomic E-state index is 0.295. The minimum Gasteiger partial charge on any atom is -0.384 e. The molecule has 1 N–H and O–H groups in total. The maximum absolute atomic E-state index is 13.2. The summed E-state index contributed by atoms with van der Waals surface area (Å²) in [4.78, 5) is 13.9. The van der Waals surface area contributed by atoms with Crippen molar-refractivity contribution in [1.82, 2.24) is 10.1 Å². The topological polar surface area (TPSA) is 94.1 Å². The van der Waals surface area contributed by atoms with Gasteiger partial charge in [0, 0.05) is 24.7 Å². The number of rotatable bonds is 5. The lowest BCUT2D eigenvalue weighted by Gasteiger charge is -2.04. The fraction of sp³-hybridized carbons (Fsp3) is 0.273. The van der Waals surface area contributed by atoms with E-state index in [0.29, 0.717) is 30.4 Å². The standard InChI is InChI=1S/C11H11FN4O3/c1-7-14-11(19-15-7)2-3-13-9-4-8(12)5-10(6-9)16(17)18/h4-6,13H,2-3H2,1H3. The Kier molecular flexibility index (Phi) is 3.69. The summed E-state index contributed by atoms with van der Waals surface area (Å²) in [6.07, 6.45) is 0.450. The second-order valence-electron chi connectivity index (χ2n) is 3.87. The summed E-state index contributed by atoms with van der Waals surface area (Å²) < 4.78 is 18.1. The van der Waals surface area contributed by atoms with E-state index in [1.54, 1.807) is 6.92 Å². The van der Waals surface area contributed by atoms with Gasteiger partial charge in [0.2, 0.25) is 5.89 Å². The molecule has 2 aromatic rings. The summed E-state index contributed by atoms with van der Waals surface area (Å²) in [6.45, 7) is 2.11. The zero-order valence-electron chi connectivity index (χ0n) is 10.1. The van der Waals surface area contributed by atoms with Gasteiger partial charge in [-0.2, -0.15) is 4.98 Å². The molecular formula is C11H11FN4O3. The van der Waals surface area contributed by atoms with E-state index in [9.17, 15) is 14.5 Å². The number of halogens is 1. The molecule has 19 heavy (non-hydrogen) atoms. The van der Waals surface area contributed by atoms with Gasteiger partial charge in [-0.25, -0.2) is 4.39 Å². The Hall–Kier alpha value is -2.51. The number of hydrogen-bond acceptors (Lipinski definition) is 6. The van der Waals surface area contributed by atoms with E-state index in [1.165, 1.54) is 12.1 Å². The quantitative estimate of drug-likeness (QED) is 0.657. The van der Waals surface area contributed by atoms with Gasteiger partial charge in [-0.15, -0.1) is 0 Å². The minimum atomic E-state index is -0.662. The maximum atomic E-state index is 13.2. The summed E-state index contributed by atoms with van der Waals surface area (Å²) >= 11 is 0. The Balaban J connectivity index is 1.97. The molecule has 0 aliphatic rings. The van der Waals surface area contributed by atoms with Crippen LogP contribution in [0.2, 0.25) is 0 Å². The first-order chi connectivity index (χ1) is 9.04. The SMILES string of the molecule is Cc1noc(CCNc2cc(F)cc([N+](=O)[O-])c2)n1. The van der Waals surface area contributed by atoms with Crippen LogP contribution in [-0.2, 0) is 6.42 Å². The van der Waals surface area contributed by atoms with Crippen molar-refractivity contribution in [2.24, 2.45) is 0 Å². The van der Waals surface area contributed by atoms with E-state index >= 15 is 0 Å². The lowest BCUT2D eigenvalue weighted by atomic mass is 10.2. The van der Waals surface area contributed by atoms with Crippen LogP contribution in [0.3, 0.4) is 0 Å². The number of anilines is 1. The highest BCUT2D eigenvalue weighted by Crippen LogP contribution is 2.19. The van der Waals surface area contributed by atoms with Crippen LogP contribution in [0.1, 0.15) is 11.7 Å². The van der Waals surface area contributed by atoms with Gasteiger partial charge in [0.05, 0.1) is 11.0 Å². The number of aromatic nitrogens is 2. The number of benzene rings is 1. The highest BCUT2D eigenvalue weighted by atomic mass is 19.1. The molecule has 7 nitrogen and oxygen atoms in total. The lowest BCUT2D eigenvalue weighted by molar-refractivity contribution is -0.385. The zero-order valence-corrected chi connectivity index (χ0v) is 10.1. The number of hydrogen-bond donors (Lipinski definition) is 1. The molecule has 0 saturated carbocycles. The number of aryl methyl sites for hydroxylation is 1. The van der Waals surface area contributed by atoms with Crippen LogP contribution in [0, 0.1) is 22.9 Å². The summed E-state index contributed by atoms with van der Waals surface area (Å²) in [5.74, 6) is 0.331. The van der Waals surface area contributed by atoms with Crippen LogP contribution in [0.5, 0.6) is 0 Å².